The van der Waals surface area contributed by atoms with Crippen molar-refractivity contribution >= 4 is 46.1 Å². The summed E-state index contributed by atoms with van der Waals surface area (Å²) in [6, 6.07) is 1.75. The van der Waals surface area contributed by atoms with Crippen LogP contribution in [0.2, 0.25) is 13.7 Å². The van der Waals surface area contributed by atoms with Crippen LogP contribution in [0.25, 0.3) is 0 Å². The van der Waals surface area contributed by atoms with Gasteiger partial charge in [0.1, 0.15) is 0 Å². The highest BCUT2D eigenvalue weighted by Crippen LogP contribution is 2.38. The van der Waals surface area contributed by atoms with E-state index in [0.717, 1.165) is 17.8 Å². The first-order valence-electron chi connectivity index (χ1n) is 5.41. The van der Waals surface area contributed by atoms with Crippen LogP contribution in [0.1, 0.15) is 24.2 Å². The van der Waals surface area contributed by atoms with Gasteiger partial charge in [-0.2, -0.15) is 5.10 Å². The summed E-state index contributed by atoms with van der Waals surface area (Å²) in [6.45, 7) is 2.76. The molecule has 0 spiro atoms. The van der Waals surface area contributed by atoms with E-state index in [4.69, 9.17) is 34.8 Å². The normalized spacial score (nSPS) is 12.9. The number of hydrogen-bond donors (Lipinski definition) is 1. The van der Waals surface area contributed by atoms with Gasteiger partial charge in [0.25, 0.3) is 0 Å². The predicted octanol–water partition coefficient (Wildman–Crippen LogP) is 4.23. The van der Waals surface area contributed by atoms with Crippen molar-refractivity contribution in [3.63, 3.8) is 0 Å². The van der Waals surface area contributed by atoms with Crippen LogP contribution in [0.3, 0.4) is 0 Å². The molecule has 0 radical (unpaired) electrons. The minimum absolute atomic E-state index is 0.115. The summed E-state index contributed by atoms with van der Waals surface area (Å²) in [4.78, 5) is 0. The van der Waals surface area contributed by atoms with Crippen molar-refractivity contribution in [2.45, 2.75) is 19.5 Å². The molecule has 0 aliphatic heterocycles. The van der Waals surface area contributed by atoms with Crippen LogP contribution in [0.4, 0.5) is 0 Å². The average molecular weight is 325 g/mol. The number of halogens is 3. The van der Waals surface area contributed by atoms with Crippen LogP contribution in [0.15, 0.2) is 12.3 Å². The molecular formula is C11H12Cl3N3S. The van der Waals surface area contributed by atoms with E-state index >= 15 is 0 Å². The SMILES string of the molecule is CCn1ncc(Cl)c1C(NC)c1cc(Cl)sc1Cl. The van der Waals surface area contributed by atoms with Crippen LogP contribution in [-0.4, -0.2) is 16.8 Å². The summed E-state index contributed by atoms with van der Waals surface area (Å²) in [6.07, 6.45) is 1.65. The van der Waals surface area contributed by atoms with Gasteiger partial charge < -0.3 is 5.32 Å². The second kappa shape index (κ2) is 5.80. The Labute approximate surface area is 125 Å². The van der Waals surface area contributed by atoms with Crippen LogP contribution < -0.4 is 5.32 Å². The van der Waals surface area contributed by atoms with Crippen molar-refractivity contribution in [1.82, 2.24) is 15.1 Å². The zero-order valence-corrected chi connectivity index (χ0v) is 13.0. The molecule has 0 bridgehead atoms. The van der Waals surface area contributed by atoms with Gasteiger partial charge in [0, 0.05) is 12.1 Å². The fourth-order valence-electron chi connectivity index (χ4n) is 1.90. The molecule has 0 aliphatic carbocycles. The van der Waals surface area contributed by atoms with Crippen molar-refractivity contribution in [2.75, 3.05) is 7.05 Å². The third-order valence-electron chi connectivity index (χ3n) is 2.69. The number of aromatic nitrogens is 2. The number of thiophene rings is 1. The lowest BCUT2D eigenvalue weighted by atomic mass is 10.1. The van der Waals surface area contributed by atoms with Gasteiger partial charge in [-0.1, -0.05) is 34.8 Å². The van der Waals surface area contributed by atoms with E-state index in [2.05, 4.69) is 10.4 Å². The summed E-state index contributed by atoms with van der Waals surface area (Å²) in [7, 11) is 1.86. The third kappa shape index (κ3) is 2.53. The minimum Gasteiger partial charge on any atom is -0.308 e. The number of hydrogen-bond acceptors (Lipinski definition) is 3. The Hall–Kier alpha value is -0.260. The molecule has 0 amide bonds. The van der Waals surface area contributed by atoms with E-state index in [0.29, 0.717) is 13.7 Å². The Balaban J connectivity index is 2.51. The topological polar surface area (TPSA) is 29.9 Å². The van der Waals surface area contributed by atoms with Gasteiger partial charge in [0.15, 0.2) is 0 Å². The number of nitrogens with zero attached hydrogens (tertiary/aromatic N) is 2. The van der Waals surface area contributed by atoms with Crippen molar-refractivity contribution in [3.05, 3.63) is 37.2 Å². The molecule has 2 rings (SSSR count). The lowest BCUT2D eigenvalue weighted by Crippen LogP contribution is -2.21. The highest BCUT2D eigenvalue weighted by Gasteiger charge is 2.24. The lowest BCUT2D eigenvalue weighted by Gasteiger charge is -2.17. The molecule has 3 nitrogen and oxygen atoms in total. The Morgan fingerprint density at radius 1 is 1.44 bits per heavy atom. The first-order chi connectivity index (χ1) is 8.58. The predicted molar refractivity (Wildman–Crippen MR) is 78.2 cm³/mol. The van der Waals surface area contributed by atoms with E-state index in [1.807, 2.05) is 24.7 Å². The monoisotopic (exact) mass is 323 g/mol. The molecule has 98 valence electrons. The zero-order chi connectivity index (χ0) is 13.3. The zero-order valence-electron chi connectivity index (χ0n) is 9.88. The second-order valence-electron chi connectivity index (χ2n) is 3.69. The smallest absolute Gasteiger partial charge is 0.0996 e. The van der Waals surface area contributed by atoms with Gasteiger partial charge in [-0.3, -0.25) is 4.68 Å². The summed E-state index contributed by atoms with van der Waals surface area (Å²) in [5.74, 6) is 0. The lowest BCUT2D eigenvalue weighted by molar-refractivity contribution is 0.564. The molecule has 0 aromatic carbocycles. The Bertz CT molecular complexity index is 550. The fourth-order valence-corrected chi connectivity index (χ4v) is 3.68. The molecule has 2 heterocycles. The van der Waals surface area contributed by atoms with Crippen LogP contribution in [0, 0.1) is 0 Å². The number of rotatable bonds is 4. The van der Waals surface area contributed by atoms with Gasteiger partial charge in [0.2, 0.25) is 0 Å². The number of aryl methyl sites for hydroxylation is 1. The molecule has 2 aromatic rings. The molecular weight excluding hydrogens is 313 g/mol. The standard InChI is InChI=1S/C11H12Cl3N3S/c1-3-17-10(7(12)5-16-17)9(15-2)6-4-8(13)18-11(6)14/h4-5,9,15H,3H2,1-2H3. The summed E-state index contributed by atoms with van der Waals surface area (Å²) >= 11 is 19.8. The van der Waals surface area contributed by atoms with E-state index in [-0.39, 0.29) is 6.04 Å². The Morgan fingerprint density at radius 3 is 2.67 bits per heavy atom. The molecule has 1 N–H and O–H groups in total. The first-order valence-corrected chi connectivity index (χ1v) is 7.36. The molecule has 1 atom stereocenters. The quantitative estimate of drug-likeness (QED) is 0.912. The minimum atomic E-state index is -0.115. The largest absolute Gasteiger partial charge is 0.308 e. The van der Waals surface area contributed by atoms with Crippen LogP contribution in [0.5, 0.6) is 0 Å². The maximum atomic E-state index is 6.21. The van der Waals surface area contributed by atoms with Gasteiger partial charge in [-0.25, -0.2) is 0 Å². The van der Waals surface area contributed by atoms with Crippen molar-refractivity contribution in [2.24, 2.45) is 0 Å². The van der Waals surface area contributed by atoms with Crippen LogP contribution >= 0.6 is 46.1 Å². The molecule has 0 aliphatic rings. The van der Waals surface area contributed by atoms with Gasteiger partial charge in [-0.15, -0.1) is 11.3 Å². The first kappa shape index (κ1) is 14.2. The van der Waals surface area contributed by atoms with Gasteiger partial charge in [-0.05, 0) is 20.0 Å². The van der Waals surface area contributed by atoms with Gasteiger partial charge >= 0.3 is 0 Å². The Kier molecular flexibility index (Phi) is 4.56. The highest BCUT2D eigenvalue weighted by atomic mass is 35.5. The third-order valence-corrected chi connectivity index (χ3v) is 4.50. The van der Waals surface area contributed by atoms with E-state index in [1.165, 1.54) is 11.3 Å². The molecule has 0 saturated carbocycles. The van der Waals surface area contributed by atoms with E-state index < -0.39 is 0 Å². The molecule has 1 unspecified atom stereocenters. The average Bonchev–Trinajstić information content (AvgIpc) is 2.85. The molecule has 7 heteroatoms. The van der Waals surface area contributed by atoms with E-state index in [9.17, 15) is 0 Å². The fraction of sp³-hybridized carbons (Fsp3) is 0.364. The highest BCUT2D eigenvalue weighted by molar-refractivity contribution is 7.20. The second-order valence-corrected chi connectivity index (χ2v) is 6.39. The molecule has 2 aromatic heterocycles. The maximum absolute atomic E-state index is 6.21. The summed E-state index contributed by atoms with van der Waals surface area (Å²) in [5, 5.41) is 8.07. The van der Waals surface area contributed by atoms with E-state index in [1.54, 1.807) is 6.20 Å². The Morgan fingerprint density at radius 2 is 2.17 bits per heavy atom. The number of nitrogens with one attached hydrogen (secondary N) is 1. The summed E-state index contributed by atoms with van der Waals surface area (Å²) < 4.78 is 3.18. The maximum Gasteiger partial charge on any atom is 0.0996 e. The molecule has 0 saturated heterocycles. The van der Waals surface area contributed by atoms with Gasteiger partial charge in [0.05, 0.1) is 31.6 Å². The summed E-state index contributed by atoms with van der Waals surface area (Å²) in [5.41, 5.74) is 1.82. The van der Waals surface area contributed by atoms with Crippen molar-refractivity contribution in [1.29, 1.82) is 0 Å². The van der Waals surface area contributed by atoms with Crippen molar-refractivity contribution < 1.29 is 0 Å². The molecule has 0 fully saturated rings. The van der Waals surface area contributed by atoms with Crippen LogP contribution in [-0.2, 0) is 6.54 Å². The van der Waals surface area contributed by atoms with Crippen molar-refractivity contribution in [3.8, 4) is 0 Å². The molecule has 18 heavy (non-hydrogen) atoms.